The van der Waals surface area contributed by atoms with Crippen LogP contribution in [0.15, 0.2) is 30.6 Å². The molecule has 1 amide bonds. The molecule has 1 fully saturated rings. The molecule has 2 heterocycles. The number of benzene rings is 1. The van der Waals surface area contributed by atoms with Crippen LogP contribution in [0.25, 0.3) is 0 Å². The first-order valence-electron chi connectivity index (χ1n) is 7.50. The van der Waals surface area contributed by atoms with E-state index in [1.165, 1.54) is 12.1 Å². The molecule has 7 nitrogen and oxygen atoms in total. The maximum Gasteiger partial charge on any atom is 0.356 e. The molecule has 0 aliphatic carbocycles. The normalized spacial score (nSPS) is 16.7. The number of hydrogen-bond donors (Lipinski definition) is 2. The number of amides is 1. The number of carboxylic acids is 1. The molecule has 9 heteroatoms. The fourth-order valence-corrected chi connectivity index (χ4v) is 2.73. The number of anilines is 1. The zero-order valence-corrected chi connectivity index (χ0v) is 13.7. The highest BCUT2D eigenvalue weighted by Gasteiger charge is 2.25. The zero-order valence-electron chi connectivity index (χ0n) is 12.9. The molecule has 25 heavy (non-hydrogen) atoms. The summed E-state index contributed by atoms with van der Waals surface area (Å²) in [6.45, 7) is 1.18. The first-order chi connectivity index (χ1) is 11.9. The van der Waals surface area contributed by atoms with Gasteiger partial charge in [-0.3, -0.25) is 4.79 Å². The van der Waals surface area contributed by atoms with Crippen molar-refractivity contribution in [2.75, 3.05) is 18.0 Å². The number of carbonyl (C=O) groups is 2. The highest BCUT2D eigenvalue weighted by molar-refractivity contribution is 6.30. The summed E-state index contributed by atoms with van der Waals surface area (Å²) in [6.07, 6.45) is 2.85. The molecular weight excluding hydrogens is 351 g/mol. The number of carbonyl (C=O) groups excluding carboxylic acids is 1. The number of nitrogens with zero attached hydrogens (tertiary/aromatic N) is 3. The largest absolute Gasteiger partial charge is 0.476 e. The highest BCUT2D eigenvalue weighted by atomic mass is 35.5. The van der Waals surface area contributed by atoms with E-state index in [0.717, 1.165) is 12.4 Å². The van der Waals surface area contributed by atoms with Gasteiger partial charge in [0.1, 0.15) is 11.5 Å². The van der Waals surface area contributed by atoms with Gasteiger partial charge in [0.05, 0.1) is 17.4 Å². The first-order valence-corrected chi connectivity index (χ1v) is 7.88. The average Bonchev–Trinajstić information content (AvgIpc) is 3.06. The van der Waals surface area contributed by atoms with Crippen LogP contribution in [0.4, 0.5) is 10.1 Å². The third-order valence-electron chi connectivity index (χ3n) is 3.90. The quantitative estimate of drug-likeness (QED) is 0.861. The van der Waals surface area contributed by atoms with Crippen LogP contribution in [-0.2, 0) is 0 Å². The van der Waals surface area contributed by atoms with E-state index in [4.69, 9.17) is 16.7 Å². The molecule has 0 bridgehead atoms. The average molecular weight is 365 g/mol. The minimum absolute atomic E-state index is 0.0426. The molecule has 0 saturated carbocycles. The predicted molar refractivity (Wildman–Crippen MR) is 88.5 cm³/mol. The van der Waals surface area contributed by atoms with Gasteiger partial charge in [-0.15, -0.1) is 0 Å². The summed E-state index contributed by atoms with van der Waals surface area (Å²) in [5, 5.41) is 11.7. The maximum atomic E-state index is 13.6. The predicted octanol–water partition coefficient (Wildman–Crippen LogP) is 1.98. The van der Waals surface area contributed by atoms with Crippen molar-refractivity contribution in [1.82, 2.24) is 15.3 Å². The van der Waals surface area contributed by atoms with Gasteiger partial charge < -0.3 is 15.3 Å². The fraction of sp³-hybridized carbons (Fsp3) is 0.250. The molecule has 1 aromatic carbocycles. The third kappa shape index (κ3) is 3.85. The smallest absolute Gasteiger partial charge is 0.356 e. The lowest BCUT2D eigenvalue weighted by Gasteiger charge is -2.19. The highest BCUT2D eigenvalue weighted by Crippen LogP contribution is 2.25. The third-order valence-corrected chi connectivity index (χ3v) is 4.20. The van der Waals surface area contributed by atoms with E-state index in [2.05, 4.69) is 15.3 Å². The minimum atomic E-state index is -1.21. The Morgan fingerprint density at radius 3 is 2.64 bits per heavy atom. The number of aromatic nitrogens is 2. The molecule has 0 radical (unpaired) electrons. The standard InChI is InChI=1S/C16H14ClFN4O3/c17-11-2-1-10(5-12(11)18)22-4-3-9(8-22)21-15(23)13-6-20-14(7-19-13)16(24)25/h1-2,5-7,9H,3-4,8H2,(H,21,23)(H,24,25). The van der Waals surface area contributed by atoms with Gasteiger partial charge in [-0.25, -0.2) is 19.2 Å². The van der Waals surface area contributed by atoms with Gasteiger partial charge in [0.2, 0.25) is 0 Å². The Labute approximate surface area is 147 Å². The summed E-state index contributed by atoms with van der Waals surface area (Å²) in [6, 6.07) is 4.46. The Balaban J connectivity index is 1.61. The van der Waals surface area contributed by atoms with Gasteiger partial charge in [-0.05, 0) is 24.6 Å². The van der Waals surface area contributed by atoms with Crippen LogP contribution in [-0.4, -0.2) is 46.1 Å². The van der Waals surface area contributed by atoms with Crippen molar-refractivity contribution in [3.05, 3.63) is 52.8 Å². The summed E-state index contributed by atoms with van der Waals surface area (Å²) in [5.74, 6) is -2.12. The van der Waals surface area contributed by atoms with Crippen LogP contribution >= 0.6 is 11.6 Å². The van der Waals surface area contributed by atoms with Crippen molar-refractivity contribution in [2.45, 2.75) is 12.5 Å². The van der Waals surface area contributed by atoms with Crippen molar-refractivity contribution < 1.29 is 19.1 Å². The summed E-state index contributed by atoms with van der Waals surface area (Å²) in [7, 11) is 0. The second kappa shape index (κ2) is 7.02. The van der Waals surface area contributed by atoms with E-state index in [1.54, 1.807) is 6.07 Å². The van der Waals surface area contributed by atoms with E-state index < -0.39 is 17.7 Å². The van der Waals surface area contributed by atoms with E-state index in [0.29, 0.717) is 25.2 Å². The van der Waals surface area contributed by atoms with Crippen LogP contribution in [0.3, 0.4) is 0 Å². The van der Waals surface area contributed by atoms with Crippen molar-refractivity contribution in [3.8, 4) is 0 Å². The first kappa shape index (κ1) is 17.1. The fourth-order valence-electron chi connectivity index (χ4n) is 2.61. The molecule has 1 atom stereocenters. The van der Waals surface area contributed by atoms with Crippen LogP contribution in [0.1, 0.15) is 27.4 Å². The lowest BCUT2D eigenvalue weighted by Crippen LogP contribution is -2.37. The van der Waals surface area contributed by atoms with Gasteiger partial charge in [0.25, 0.3) is 5.91 Å². The van der Waals surface area contributed by atoms with Crippen LogP contribution in [0.2, 0.25) is 5.02 Å². The number of aromatic carboxylic acids is 1. The number of halogens is 2. The Kier molecular flexibility index (Phi) is 4.80. The Morgan fingerprint density at radius 1 is 1.28 bits per heavy atom. The number of rotatable bonds is 4. The summed E-state index contributed by atoms with van der Waals surface area (Å²) in [4.78, 5) is 32.3. The Hall–Kier alpha value is -2.74. The van der Waals surface area contributed by atoms with Crippen LogP contribution in [0, 0.1) is 5.82 Å². The second-order valence-electron chi connectivity index (χ2n) is 5.60. The lowest BCUT2D eigenvalue weighted by atomic mass is 10.2. The monoisotopic (exact) mass is 364 g/mol. The van der Waals surface area contributed by atoms with Crippen molar-refractivity contribution in [3.63, 3.8) is 0 Å². The van der Waals surface area contributed by atoms with Gasteiger partial charge >= 0.3 is 5.97 Å². The molecule has 1 saturated heterocycles. The minimum Gasteiger partial charge on any atom is -0.476 e. The van der Waals surface area contributed by atoms with Gasteiger partial charge in [-0.1, -0.05) is 11.6 Å². The molecule has 130 valence electrons. The number of carboxylic acid groups (broad SMARTS) is 1. The molecule has 1 unspecified atom stereocenters. The second-order valence-corrected chi connectivity index (χ2v) is 6.00. The Bertz CT molecular complexity index is 816. The lowest BCUT2D eigenvalue weighted by molar-refractivity contribution is 0.0689. The van der Waals surface area contributed by atoms with Crippen LogP contribution in [0.5, 0.6) is 0 Å². The van der Waals surface area contributed by atoms with Gasteiger partial charge in [0.15, 0.2) is 5.69 Å². The van der Waals surface area contributed by atoms with Crippen molar-refractivity contribution in [1.29, 1.82) is 0 Å². The van der Waals surface area contributed by atoms with Crippen molar-refractivity contribution in [2.24, 2.45) is 0 Å². The zero-order chi connectivity index (χ0) is 18.0. The molecule has 0 spiro atoms. The van der Waals surface area contributed by atoms with Crippen molar-refractivity contribution >= 4 is 29.2 Å². The summed E-state index contributed by atoms with van der Waals surface area (Å²) in [5.41, 5.74) is 0.513. The topological polar surface area (TPSA) is 95.4 Å². The summed E-state index contributed by atoms with van der Waals surface area (Å²) >= 11 is 5.68. The van der Waals surface area contributed by atoms with E-state index in [9.17, 15) is 14.0 Å². The number of hydrogen-bond acceptors (Lipinski definition) is 5. The van der Waals surface area contributed by atoms with Crippen LogP contribution < -0.4 is 10.2 Å². The molecular formula is C16H14ClFN4O3. The molecule has 3 rings (SSSR count). The molecule has 2 N–H and O–H groups in total. The SMILES string of the molecule is O=C(O)c1cnc(C(=O)NC2CCN(c3ccc(Cl)c(F)c3)C2)cn1. The molecule has 1 aliphatic heterocycles. The van der Waals surface area contributed by atoms with Gasteiger partial charge in [-0.2, -0.15) is 0 Å². The van der Waals surface area contributed by atoms with E-state index in [-0.39, 0.29) is 22.5 Å². The number of nitrogens with one attached hydrogen (secondary N) is 1. The molecule has 1 aliphatic rings. The maximum absolute atomic E-state index is 13.6. The van der Waals surface area contributed by atoms with Gasteiger partial charge in [0, 0.05) is 24.8 Å². The van der Waals surface area contributed by atoms with E-state index in [1.807, 2.05) is 4.90 Å². The Morgan fingerprint density at radius 2 is 2.00 bits per heavy atom. The summed E-state index contributed by atoms with van der Waals surface area (Å²) < 4.78 is 13.6. The molecule has 2 aromatic rings. The molecule has 1 aromatic heterocycles. The van der Waals surface area contributed by atoms with E-state index >= 15 is 0 Å².